The third kappa shape index (κ3) is 2.65. The third-order valence-corrected chi connectivity index (χ3v) is 4.45. The maximum atomic E-state index is 11.9. The highest BCUT2D eigenvalue weighted by atomic mass is 16.4. The van der Waals surface area contributed by atoms with Crippen molar-refractivity contribution in [3.63, 3.8) is 0 Å². The minimum absolute atomic E-state index is 0.493. The van der Waals surface area contributed by atoms with Crippen LogP contribution >= 0.6 is 0 Å². The standard InChI is InChI=1S/C18H21NO2/c1-2-12-9-10-16-14(11-12)17(18(20)21)13-7-5-3-4-6-8-15(13)19-16/h9-11H,2-8H2,1H3,(H,20,21). The lowest BCUT2D eigenvalue weighted by molar-refractivity contribution is 0.0697. The van der Waals surface area contributed by atoms with Crippen molar-refractivity contribution in [3.05, 3.63) is 40.6 Å². The Morgan fingerprint density at radius 3 is 2.67 bits per heavy atom. The Kier molecular flexibility index (Phi) is 3.91. The number of nitrogens with zero attached hydrogens (tertiary/aromatic N) is 1. The molecule has 0 bridgehead atoms. The molecule has 0 spiro atoms. The monoisotopic (exact) mass is 283 g/mol. The molecule has 110 valence electrons. The zero-order valence-corrected chi connectivity index (χ0v) is 12.5. The molecule has 3 rings (SSSR count). The number of hydrogen-bond donors (Lipinski definition) is 1. The van der Waals surface area contributed by atoms with Crippen LogP contribution < -0.4 is 0 Å². The number of aromatic nitrogens is 1. The van der Waals surface area contributed by atoms with E-state index >= 15 is 0 Å². The molecule has 1 aliphatic carbocycles. The summed E-state index contributed by atoms with van der Waals surface area (Å²) in [5.74, 6) is -0.813. The van der Waals surface area contributed by atoms with Crippen molar-refractivity contribution in [2.75, 3.05) is 0 Å². The lowest BCUT2D eigenvalue weighted by Gasteiger charge is -2.17. The van der Waals surface area contributed by atoms with Gasteiger partial charge in [-0.3, -0.25) is 4.98 Å². The highest BCUT2D eigenvalue weighted by Gasteiger charge is 2.20. The van der Waals surface area contributed by atoms with E-state index in [2.05, 4.69) is 13.0 Å². The van der Waals surface area contributed by atoms with Gasteiger partial charge in [0.25, 0.3) is 0 Å². The Labute approximate surface area is 125 Å². The molecule has 1 heterocycles. The van der Waals surface area contributed by atoms with E-state index in [4.69, 9.17) is 4.98 Å². The van der Waals surface area contributed by atoms with E-state index < -0.39 is 5.97 Å². The number of fused-ring (bicyclic) bond motifs is 2. The second-order valence-electron chi connectivity index (χ2n) is 5.84. The summed E-state index contributed by atoms with van der Waals surface area (Å²) in [6.45, 7) is 2.09. The molecule has 1 aliphatic rings. The summed E-state index contributed by atoms with van der Waals surface area (Å²) in [7, 11) is 0. The van der Waals surface area contributed by atoms with Gasteiger partial charge in [-0.05, 0) is 55.4 Å². The Bertz CT molecular complexity index is 691. The smallest absolute Gasteiger partial charge is 0.336 e. The van der Waals surface area contributed by atoms with Gasteiger partial charge in [0.05, 0.1) is 11.1 Å². The van der Waals surface area contributed by atoms with Gasteiger partial charge in [-0.2, -0.15) is 0 Å². The van der Waals surface area contributed by atoms with Crippen molar-refractivity contribution in [1.82, 2.24) is 4.98 Å². The number of carboxylic acids is 1. The fraction of sp³-hybridized carbons (Fsp3) is 0.444. The molecule has 0 saturated heterocycles. The Morgan fingerprint density at radius 1 is 1.19 bits per heavy atom. The van der Waals surface area contributed by atoms with Gasteiger partial charge < -0.3 is 5.11 Å². The summed E-state index contributed by atoms with van der Waals surface area (Å²) < 4.78 is 0. The van der Waals surface area contributed by atoms with Gasteiger partial charge in [-0.25, -0.2) is 4.79 Å². The van der Waals surface area contributed by atoms with Gasteiger partial charge in [0.15, 0.2) is 0 Å². The van der Waals surface area contributed by atoms with E-state index in [-0.39, 0.29) is 0 Å². The van der Waals surface area contributed by atoms with Crippen molar-refractivity contribution < 1.29 is 9.90 Å². The second-order valence-corrected chi connectivity index (χ2v) is 5.84. The highest BCUT2D eigenvalue weighted by Crippen LogP contribution is 2.29. The topological polar surface area (TPSA) is 50.2 Å². The first-order chi connectivity index (χ1) is 10.2. The van der Waals surface area contributed by atoms with Crippen LogP contribution in [0, 0.1) is 0 Å². The number of rotatable bonds is 2. The molecule has 0 aliphatic heterocycles. The van der Waals surface area contributed by atoms with E-state index in [1.54, 1.807) is 0 Å². The van der Waals surface area contributed by atoms with Gasteiger partial charge in [-0.1, -0.05) is 25.8 Å². The fourth-order valence-electron chi connectivity index (χ4n) is 3.29. The first-order valence-electron chi connectivity index (χ1n) is 7.88. The molecule has 0 saturated carbocycles. The van der Waals surface area contributed by atoms with Crippen LogP contribution in [0.2, 0.25) is 0 Å². The number of carboxylic acid groups (broad SMARTS) is 1. The van der Waals surface area contributed by atoms with Crippen molar-refractivity contribution in [2.45, 2.75) is 51.9 Å². The van der Waals surface area contributed by atoms with Crippen molar-refractivity contribution in [1.29, 1.82) is 0 Å². The Balaban J connectivity index is 2.29. The van der Waals surface area contributed by atoms with E-state index in [9.17, 15) is 9.90 Å². The molecule has 0 fully saturated rings. The van der Waals surface area contributed by atoms with Crippen molar-refractivity contribution >= 4 is 16.9 Å². The number of aromatic carboxylic acids is 1. The van der Waals surface area contributed by atoms with Crippen molar-refractivity contribution in [3.8, 4) is 0 Å². The summed E-state index contributed by atoms with van der Waals surface area (Å²) in [4.78, 5) is 16.6. The molecular weight excluding hydrogens is 262 g/mol. The first-order valence-corrected chi connectivity index (χ1v) is 7.88. The van der Waals surface area contributed by atoms with Gasteiger partial charge in [0.2, 0.25) is 0 Å². The number of pyridine rings is 1. The zero-order valence-electron chi connectivity index (χ0n) is 12.5. The molecule has 1 N–H and O–H groups in total. The van der Waals surface area contributed by atoms with Crippen LogP contribution in [0.4, 0.5) is 0 Å². The minimum Gasteiger partial charge on any atom is -0.478 e. The van der Waals surface area contributed by atoms with Crippen LogP contribution in [0.1, 0.15) is 59.8 Å². The maximum absolute atomic E-state index is 11.9. The SMILES string of the molecule is CCc1ccc2nc3c(c(C(=O)O)c2c1)CCCCCC3. The first kappa shape index (κ1) is 14.1. The lowest BCUT2D eigenvalue weighted by atomic mass is 9.90. The number of aryl methyl sites for hydroxylation is 2. The third-order valence-electron chi connectivity index (χ3n) is 4.45. The molecule has 0 atom stereocenters. The van der Waals surface area contributed by atoms with Crippen LogP contribution in [0.25, 0.3) is 10.9 Å². The summed E-state index contributed by atoms with van der Waals surface area (Å²) >= 11 is 0. The van der Waals surface area contributed by atoms with Crippen LogP contribution in [-0.2, 0) is 19.3 Å². The number of carbonyl (C=O) groups is 1. The molecule has 0 radical (unpaired) electrons. The predicted molar refractivity (Wildman–Crippen MR) is 84.0 cm³/mol. The van der Waals surface area contributed by atoms with E-state index in [0.717, 1.165) is 59.8 Å². The summed E-state index contributed by atoms with van der Waals surface area (Å²) in [5, 5.41) is 10.5. The van der Waals surface area contributed by atoms with E-state index in [1.807, 2.05) is 12.1 Å². The maximum Gasteiger partial charge on any atom is 0.336 e. The molecule has 0 amide bonds. The predicted octanol–water partition coefficient (Wildman–Crippen LogP) is 4.15. The lowest BCUT2D eigenvalue weighted by Crippen LogP contribution is -2.11. The quantitative estimate of drug-likeness (QED) is 0.900. The van der Waals surface area contributed by atoms with E-state index in [1.165, 1.54) is 12.8 Å². The Hall–Kier alpha value is -1.90. The molecule has 2 aromatic rings. The van der Waals surface area contributed by atoms with E-state index in [0.29, 0.717) is 5.56 Å². The average molecular weight is 283 g/mol. The van der Waals surface area contributed by atoms with Gasteiger partial charge in [0, 0.05) is 11.1 Å². The summed E-state index contributed by atoms with van der Waals surface area (Å²) in [6, 6.07) is 6.03. The minimum atomic E-state index is -0.813. The van der Waals surface area contributed by atoms with Crippen LogP contribution in [0.5, 0.6) is 0 Å². The molecule has 3 nitrogen and oxygen atoms in total. The number of benzene rings is 1. The van der Waals surface area contributed by atoms with Gasteiger partial charge in [-0.15, -0.1) is 0 Å². The number of hydrogen-bond acceptors (Lipinski definition) is 2. The van der Waals surface area contributed by atoms with Crippen LogP contribution in [-0.4, -0.2) is 16.1 Å². The Morgan fingerprint density at radius 2 is 1.95 bits per heavy atom. The summed E-state index contributed by atoms with van der Waals surface area (Å²) in [6.07, 6.45) is 7.23. The molecule has 1 aromatic heterocycles. The van der Waals surface area contributed by atoms with Crippen molar-refractivity contribution in [2.24, 2.45) is 0 Å². The molecular formula is C18H21NO2. The van der Waals surface area contributed by atoms with Crippen LogP contribution in [0.3, 0.4) is 0 Å². The summed E-state index contributed by atoms with van der Waals surface area (Å²) in [5.41, 5.74) is 4.46. The van der Waals surface area contributed by atoms with Gasteiger partial charge >= 0.3 is 5.97 Å². The normalized spacial score (nSPS) is 15.3. The molecule has 0 unspecified atom stereocenters. The molecule has 3 heteroatoms. The second kappa shape index (κ2) is 5.84. The largest absolute Gasteiger partial charge is 0.478 e. The average Bonchev–Trinajstić information content (AvgIpc) is 2.46. The zero-order chi connectivity index (χ0) is 14.8. The van der Waals surface area contributed by atoms with Crippen LogP contribution in [0.15, 0.2) is 18.2 Å². The highest BCUT2D eigenvalue weighted by molar-refractivity contribution is 6.04. The fourth-order valence-corrected chi connectivity index (χ4v) is 3.29. The molecule has 1 aromatic carbocycles. The van der Waals surface area contributed by atoms with Gasteiger partial charge in [0.1, 0.15) is 0 Å². The molecule has 21 heavy (non-hydrogen) atoms.